The van der Waals surface area contributed by atoms with Crippen LogP contribution in [0, 0.1) is 5.92 Å². The molecule has 5 heteroatoms. The van der Waals surface area contributed by atoms with Crippen LogP contribution in [0.5, 0.6) is 0 Å². The second-order valence-electron chi connectivity index (χ2n) is 3.92. The van der Waals surface area contributed by atoms with E-state index in [4.69, 9.17) is 5.11 Å². The maximum absolute atomic E-state index is 11.2. The summed E-state index contributed by atoms with van der Waals surface area (Å²) in [6.45, 7) is 4.10. The third-order valence-electron chi connectivity index (χ3n) is 2.43. The van der Waals surface area contributed by atoms with Crippen LogP contribution in [0.4, 0.5) is 0 Å². The van der Waals surface area contributed by atoms with E-state index in [9.17, 15) is 9.59 Å². The van der Waals surface area contributed by atoms with Gasteiger partial charge in [-0.2, -0.15) is 0 Å². The molecule has 0 aromatic rings. The lowest BCUT2D eigenvalue weighted by Gasteiger charge is -2.21. The van der Waals surface area contributed by atoms with Crippen LogP contribution in [0.2, 0.25) is 0 Å². The van der Waals surface area contributed by atoms with Gasteiger partial charge in [0.05, 0.1) is 0 Å². The lowest BCUT2D eigenvalue weighted by atomic mass is 10.0. The minimum Gasteiger partial charge on any atom is -0.480 e. The fraction of sp³-hybridized carbons (Fsp3) is 0.778. The van der Waals surface area contributed by atoms with Gasteiger partial charge in [-0.15, -0.1) is 0 Å². The quantitative estimate of drug-likeness (QED) is 0.565. The fourth-order valence-electron chi connectivity index (χ4n) is 1.45. The minimum absolute atomic E-state index is 0.0569. The second kappa shape index (κ2) is 4.41. The molecule has 1 saturated heterocycles. The Balaban J connectivity index is 2.68. The zero-order valence-corrected chi connectivity index (χ0v) is 8.41. The minimum atomic E-state index is -0.919. The van der Waals surface area contributed by atoms with E-state index in [-0.39, 0.29) is 24.4 Å². The van der Waals surface area contributed by atoms with Crippen LogP contribution in [0.1, 0.15) is 20.3 Å². The highest BCUT2D eigenvalue weighted by Gasteiger charge is 2.28. The van der Waals surface area contributed by atoms with E-state index in [1.165, 1.54) is 0 Å². The van der Waals surface area contributed by atoms with Crippen molar-refractivity contribution in [1.82, 2.24) is 10.6 Å². The van der Waals surface area contributed by atoms with Crippen LogP contribution in [0.25, 0.3) is 0 Å². The first kappa shape index (κ1) is 11.0. The van der Waals surface area contributed by atoms with Crippen LogP contribution in [0.15, 0.2) is 0 Å². The molecule has 14 heavy (non-hydrogen) atoms. The Morgan fingerprint density at radius 1 is 1.57 bits per heavy atom. The lowest BCUT2D eigenvalue weighted by molar-refractivity contribution is -0.139. The first-order valence-electron chi connectivity index (χ1n) is 4.76. The van der Waals surface area contributed by atoms with Crippen molar-refractivity contribution in [3.63, 3.8) is 0 Å². The van der Waals surface area contributed by atoms with Gasteiger partial charge in [0.25, 0.3) is 0 Å². The summed E-state index contributed by atoms with van der Waals surface area (Å²) in [7, 11) is 0. The van der Waals surface area contributed by atoms with Crippen molar-refractivity contribution >= 4 is 11.9 Å². The van der Waals surface area contributed by atoms with Gasteiger partial charge < -0.3 is 10.4 Å². The molecule has 2 atom stereocenters. The van der Waals surface area contributed by atoms with Crippen molar-refractivity contribution in [3.8, 4) is 0 Å². The lowest BCUT2D eigenvalue weighted by Crippen LogP contribution is -2.47. The SMILES string of the molecule is CC(C)C1CC(=O)NCC(C(=O)O)N1. The average Bonchev–Trinajstić information content (AvgIpc) is 2.26. The molecule has 1 fully saturated rings. The molecule has 0 saturated carbocycles. The molecule has 1 amide bonds. The maximum Gasteiger partial charge on any atom is 0.322 e. The largest absolute Gasteiger partial charge is 0.480 e. The van der Waals surface area contributed by atoms with E-state index in [1.807, 2.05) is 13.8 Å². The number of aliphatic carboxylic acids is 1. The molecule has 1 rings (SSSR count). The predicted octanol–water partition coefficient (Wildman–Crippen LogP) is -0.426. The van der Waals surface area contributed by atoms with E-state index in [0.717, 1.165) is 0 Å². The standard InChI is InChI=1S/C9H16N2O3/c1-5(2)6-3-8(12)10-4-7(11-6)9(13)14/h5-7,11H,3-4H2,1-2H3,(H,10,12)(H,13,14). The van der Waals surface area contributed by atoms with Gasteiger partial charge in [0.15, 0.2) is 0 Å². The molecule has 1 aliphatic rings. The predicted molar refractivity (Wildman–Crippen MR) is 50.8 cm³/mol. The molecule has 5 nitrogen and oxygen atoms in total. The van der Waals surface area contributed by atoms with Crippen molar-refractivity contribution in [2.24, 2.45) is 5.92 Å². The van der Waals surface area contributed by atoms with E-state index < -0.39 is 12.0 Å². The van der Waals surface area contributed by atoms with Crippen molar-refractivity contribution in [2.45, 2.75) is 32.4 Å². The summed E-state index contributed by atoms with van der Waals surface area (Å²) in [4.78, 5) is 22.0. The van der Waals surface area contributed by atoms with Crippen molar-refractivity contribution in [3.05, 3.63) is 0 Å². The first-order valence-corrected chi connectivity index (χ1v) is 4.76. The summed E-state index contributed by atoms with van der Waals surface area (Å²) in [6, 6.07) is -0.729. The van der Waals surface area contributed by atoms with E-state index >= 15 is 0 Å². The molecule has 1 heterocycles. The monoisotopic (exact) mass is 200 g/mol. The molecule has 1 aliphatic heterocycles. The van der Waals surface area contributed by atoms with Gasteiger partial charge in [-0.3, -0.25) is 14.9 Å². The summed E-state index contributed by atoms with van der Waals surface area (Å²) in [5.74, 6) is -0.751. The van der Waals surface area contributed by atoms with Crippen LogP contribution < -0.4 is 10.6 Å². The molecule has 3 N–H and O–H groups in total. The number of hydrogen-bond donors (Lipinski definition) is 3. The topological polar surface area (TPSA) is 78.4 Å². The first-order chi connectivity index (χ1) is 6.50. The van der Waals surface area contributed by atoms with Gasteiger partial charge in [0.2, 0.25) is 5.91 Å². The summed E-state index contributed by atoms with van der Waals surface area (Å²) in [6.07, 6.45) is 0.349. The molecule has 0 aliphatic carbocycles. The number of carboxylic acid groups (broad SMARTS) is 1. The molecule has 2 unspecified atom stereocenters. The molecule has 0 spiro atoms. The van der Waals surface area contributed by atoms with Crippen LogP contribution in [-0.2, 0) is 9.59 Å². The number of carbonyl (C=O) groups is 2. The zero-order valence-electron chi connectivity index (χ0n) is 8.41. The Hall–Kier alpha value is -1.10. The third kappa shape index (κ3) is 2.70. The fourth-order valence-corrected chi connectivity index (χ4v) is 1.45. The molecule has 0 radical (unpaired) electrons. The van der Waals surface area contributed by atoms with Crippen LogP contribution in [-0.4, -0.2) is 35.6 Å². The van der Waals surface area contributed by atoms with Gasteiger partial charge >= 0.3 is 5.97 Å². The Kier molecular flexibility index (Phi) is 3.46. The zero-order chi connectivity index (χ0) is 10.7. The normalized spacial score (nSPS) is 28.4. The smallest absolute Gasteiger partial charge is 0.322 e. The third-order valence-corrected chi connectivity index (χ3v) is 2.43. The van der Waals surface area contributed by atoms with Gasteiger partial charge in [-0.1, -0.05) is 13.8 Å². The number of hydrogen-bond acceptors (Lipinski definition) is 3. The van der Waals surface area contributed by atoms with E-state index in [0.29, 0.717) is 6.42 Å². The average molecular weight is 200 g/mol. The number of carboxylic acids is 1. The maximum atomic E-state index is 11.2. The van der Waals surface area contributed by atoms with Gasteiger partial charge in [0.1, 0.15) is 6.04 Å². The molecule has 0 bridgehead atoms. The molecular formula is C9H16N2O3. The molecule has 0 aromatic heterocycles. The number of carbonyl (C=O) groups excluding carboxylic acids is 1. The highest BCUT2D eigenvalue weighted by atomic mass is 16.4. The van der Waals surface area contributed by atoms with Gasteiger partial charge in [-0.25, -0.2) is 0 Å². The second-order valence-corrected chi connectivity index (χ2v) is 3.92. The summed E-state index contributed by atoms with van der Waals surface area (Å²) in [5, 5.41) is 14.4. The Labute approximate surface area is 82.9 Å². The molecule has 0 aromatic carbocycles. The van der Waals surface area contributed by atoms with Gasteiger partial charge in [-0.05, 0) is 5.92 Å². The number of amides is 1. The van der Waals surface area contributed by atoms with Crippen LogP contribution >= 0.6 is 0 Å². The molecule has 80 valence electrons. The van der Waals surface area contributed by atoms with E-state index in [2.05, 4.69) is 10.6 Å². The Morgan fingerprint density at radius 3 is 2.71 bits per heavy atom. The molecular weight excluding hydrogens is 184 g/mol. The van der Waals surface area contributed by atoms with Crippen LogP contribution in [0.3, 0.4) is 0 Å². The Morgan fingerprint density at radius 2 is 2.21 bits per heavy atom. The van der Waals surface area contributed by atoms with E-state index in [1.54, 1.807) is 0 Å². The number of nitrogens with one attached hydrogen (secondary N) is 2. The number of rotatable bonds is 2. The highest BCUT2D eigenvalue weighted by molar-refractivity contribution is 5.80. The van der Waals surface area contributed by atoms with Crippen molar-refractivity contribution in [2.75, 3.05) is 6.54 Å². The van der Waals surface area contributed by atoms with Crippen molar-refractivity contribution < 1.29 is 14.7 Å². The van der Waals surface area contributed by atoms with Gasteiger partial charge in [0, 0.05) is 19.0 Å². The summed E-state index contributed by atoms with van der Waals surface area (Å²) < 4.78 is 0. The summed E-state index contributed by atoms with van der Waals surface area (Å²) >= 11 is 0. The summed E-state index contributed by atoms with van der Waals surface area (Å²) in [5.41, 5.74) is 0. The van der Waals surface area contributed by atoms with Crippen molar-refractivity contribution in [1.29, 1.82) is 0 Å². The Bertz CT molecular complexity index is 240. The highest BCUT2D eigenvalue weighted by Crippen LogP contribution is 2.09.